The summed E-state index contributed by atoms with van der Waals surface area (Å²) < 4.78 is 13.4. The molecule has 0 amide bonds. The molecule has 0 unspecified atom stereocenters. The summed E-state index contributed by atoms with van der Waals surface area (Å²) in [7, 11) is 0. The Kier molecular flexibility index (Phi) is 4.32. The van der Waals surface area contributed by atoms with Crippen molar-refractivity contribution in [1.82, 2.24) is 9.97 Å². The molecule has 19 heavy (non-hydrogen) atoms. The van der Waals surface area contributed by atoms with Gasteiger partial charge in [-0.25, -0.2) is 14.4 Å². The molecular formula is C14H15ClFN3. The number of hydrogen-bond acceptors (Lipinski definition) is 3. The van der Waals surface area contributed by atoms with Crippen LogP contribution in [0, 0.1) is 12.7 Å². The number of nitrogens with one attached hydrogen (secondary N) is 1. The second kappa shape index (κ2) is 5.97. The van der Waals surface area contributed by atoms with Gasteiger partial charge in [0.15, 0.2) is 0 Å². The third-order valence-corrected chi connectivity index (χ3v) is 2.76. The van der Waals surface area contributed by atoms with Crippen molar-refractivity contribution in [3.05, 3.63) is 40.8 Å². The van der Waals surface area contributed by atoms with E-state index in [1.54, 1.807) is 6.07 Å². The fourth-order valence-electron chi connectivity index (χ4n) is 1.73. The lowest BCUT2D eigenvalue weighted by Gasteiger charge is -2.08. The Morgan fingerprint density at radius 2 is 2.00 bits per heavy atom. The average molecular weight is 280 g/mol. The highest BCUT2D eigenvalue weighted by atomic mass is 35.5. The van der Waals surface area contributed by atoms with Crippen molar-refractivity contribution in [2.75, 3.05) is 11.9 Å². The van der Waals surface area contributed by atoms with Gasteiger partial charge in [0.05, 0.1) is 5.69 Å². The zero-order valence-electron chi connectivity index (χ0n) is 10.9. The molecule has 0 aliphatic heterocycles. The zero-order valence-corrected chi connectivity index (χ0v) is 11.6. The minimum Gasteiger partial charge on any atom is -0.354 e. The minimum absolute atomic E-state index is 0.356. The highest BCUT2D eigenvalue weighted by Gasteiger charge is 2.07. The second-order valence-corrected chi connectivity index (χ2v) is 4.74. The molecule has 0 fully saturated rings. The molecule has 0 aliphatic rings. The van der Waals surface area contributed by atoms with Gasteiger partial charge in [-0.05, 0) is 37.6 Å². The Hall–Kier alpha value is -1.68. The van der Waals surface area contributed by atoms with Crippen molar-refractivity contribution in [2.24, 2.45) is 0 Å². The highest BCUT2D eigenvalue weighted by Crippen LogP contribution is 2.24. The van der Waals surface area contributed by atoms with Crippen molar-refractivity contribution in [1.29, 1.82) is 0 Å². The fourth-order valence-corrected chi connectivity index (χ4v) is 1.96. The van der Waals surface area contributed by atoms with Gasteiger partial charge in [-0.3, -0.25) is 0 Å². The molecule has 2 rings (SSSR count). The Morgan fingerprint density at radius 1 is 1.21 bits per heavy atom. The van der Waals surface area contributed by atoms with E-state index in [1.807, 2.05) is 13.0 Å². The second-order valence-electron chi connectivity index (χ2n) is 4.30. The third kappa shape index (κ3) is 3.64. The lowest BCUT2D eigenvalue weighted by atomic mass is 10.1. The molecule has 1 aromatic carbocycles. The van der Waals surface area contributed by atoms with Gasteiger partial charge in [-0.1, -0.05) is 18.5 Å². The number of benzene rings is 1. The lowest BCUT2D eigenvalue weighted by Crippen LogP contribution is -2.05. The van der Waals surface area contributed by atoms with E-state index in [1.165, 1.54) is 12.1 Å². The van der Waals surface area contributed by atoms with Gasteiger partial charge in [-0.15, -0.1) is 0 Å². The van der Waals surface area contributed by atoms with Crippen molar-refractivity contribution in [3.8, 4) is 11.3 Å². The number of nitrogens with zero attached hydrogens (tertiary/aromatic N) is 2. The molecule has 0 bridgehead atoms. The van der Waals surface area contributed by atoms with Crippen molar-refractivity contribution < 1.29 is 4.39 Å². The summed E-state index contributed by atoms with van der Waals surface area (Å²) in [5.41, 5.74) is 2.13. The zero-order chi connectivity index (χ0) is 13.8. The summed E-state index contributed by atoms with van der Waals surface area (Å²) in [4.78, 5) is 8.67. The Labute approximate surface area is 116 Å². The first-order chi connectivity index (χ1) is 9.08. The van der Waals surface area contributed by atoms with E-state index in [9.17, 15) is 4.39 Å². The summed E-state index contributed by atoms with van der Waals surface area (Å²) in [5, 5.41) is 3.48. The maximum absolute atomic E-state index is 13.4. The maximum atomic E-state index is 13.4. The van der Waals surface area contributed by atoms with Crippen LogP contribution in [0.3, 0.4) is 0 Å². The third-order valence-electron chi connectivity index (χ3n) is 2.55. The number of aryl methyl sites for hydroxylation is 1. The Morgan fingerprint density at radius 3 is 2.68 bits per heavy atom. The molecular weight excluding hydrogens is 265 g/mol. The monoisotopic (exact) mass is 279 g/mol. The molecule has 0 spiro atoms. The number of anilines is 1. The normalized spacial score (nSPS) is 10.5. The topological polar surface area (TPSA) is 37.8 Å². The van der Waals surface area contributed by atoms with Crippen LogP contribution in [0.25, 0.3) is 11.3 Å². The lowest BCUT2D eigenvalue weighted by molar-refractivity contribution is 0.628. The van der Waals surface area contributed by atoms with Crippen molar-refractivity contribution >= 4 is 17.5 Å². The molecule has 0 saturated heterocycles. The van der Waals surface area contributed by atoms with Crippen LogP contribution in [0.4, 0.5) is 10.3 Å². The summed E-state index contributed by atoms with van der Waals surface area (Å²) in [6.07, 6.45) is 0.985. The molecule has 1 aromatic heterocycles. The first-order valence-corrected chi connectivity index (χ1v) is 6.52. The van der Waals surface area contributed by atoms with Crippen LogP contribution in [-0.4, -0.2) is 16.5 Å². The van der Waals surface area contributed by atoms with E-state index < -0.39 is 0 Å². The predicted octanol–water partition coefficient (Wildman–Crippen LogP) is 4.07. The molecule has 0 atom stereocenters. The highest BCUT2D eigenvalue weighted by molar-refractivity contribution is 6.30. The summed E-state index contributed by atoms with van der Waals surface area (Å²) in [6, 6.07) is 6.19. The smallest absolute Gasteiger partial charge is 0.223 e. The fraction of sp³-hybridized carbons (Fsp3) is 0.286. The first kappa shape index (κ1) is 13.7. The number of aromatic nitrogens is 2. The van der Waals surface area contributed by atoms with Gasteiger partial charge < -0.3 is 5.32 Å². The molecule has 1 heterocycles. The van der Waals surface area contributed by atoms with Crippen molar-refractivity contribution in [3.63, 3.8) is 0 Å². The van der Waals surface area contributed by atoms with Gasteiger partial charge in [0, 0.05) is 22.8 Å². The molecule has 0 saturated carbocycles. The van der Waals surface area contributed by atoms with Crippen LogP contribution < -0.4 is 5.32 Å². The van der Waals surface area contributed by atoms with Crippen LogP contribution in [0.1, 0.15) is 19.0 Å². The predicted molar refractivity (Wildman–Crippen MR) is 76.0 cm³/mol. The number of hydrogen-bond donors (Lipinski definition) is 1. The van der Waals surface area contributed by atoms with E-state index in [2.05, 4.69) is 22.2 Å². The van der Waals surface area contributed by atoms with E-state index >= 15 is 0 Å². The van der Waals surface area contributed by atoms with Crippen LogP contribution in [0.15, 0.2) is 24.3 Å². The summed E-state index contributed by atoms with van der Waals surface area (Å²) in [6.45, 7) is 4.74. The standard InChI is InChI=1S/C14H15ClFN3/c1-3-4-17-14-18-9(2)5-13(19-14)10-6-11(15)8-12(16)7-10/h5-8H,3-4H2,1-2H3,(H,17,18,19). The van der Waals surface area contributed by atoms with Crippen molar-refractivity contribution in [2.45, 2.75) is 20.3 Å². The Bertz CT molecular complexity index is 567. The first-order valence-electron chi connectivity index (χ1n) is 6.14. The van der Waals surface area contributed by atoms with Crippen LogP contribution >= 0.6 is 11.6 Å². The number of halogens is 2. The van der Waals surface area contributed by atoms with Gasteiger partial charge >= 0.3 is 0 Å². The van der Waals surface area contributed by atoms with E-state index in [0.717, 1.165) is 18.7 Å². The molecule has 0 radical (unpaired) electrons. The van der Waals surface area contributed by atoms with Crippen LogP contribution in [-0.2, 0) is 0 Å². The molecule has 5 heteroatoms. The molecule has 3 nitrogen and oxygen atoms in total. The van der Waals surface area contributed by atoms with Crippen LogP contribution in [0.5, 0.6) is 0 Å². The van der Waals surface area contributed by atoms with E-state index in [4.69, 9.17) is 11.6 Å². The van der Waals surface area contributed by atoms with Gasteiger partial charge in [0.2, 0.25) is 5.95 Å². The largest absolute Gasteiger partial charge is 0.354 e. The summed E-state index contributed by atoms with van der Waals surface area (Å²) in [5.74, 6) is 0.180. The van der Waals surface area contributed by atoms with Gasteiger partial charge in [0.25, 0.3) is 0 Å². The molecule has 100 valence electrons. The molecule has 2 aromatic rings. The van der Waals surface area contributed by atoms with E-state index in [0.29, 0.717) is 22.2 Å². The maximum Gasteiger partial charge on any atom is 0.223 e. The SMILES string of the molecule is CCCNc1nc(C)cc(-c2cc(F)cc(Cl)c2)n1. The summed E-state index contributed by atoms with van der Waals surface area (Å²) >= 11 is 5.86. The van der Waals surface area contributed by atoms with Gasteiger partial charge in [-0.2, -0.15) is 0 Å². The molecule has 0 aliphatic carbocycles. The van der Waals surface area contributed by atoms with Gasteiger partial charge in [0.1, 0.15) is 5.82 Å². The van der Waals surface area contributed by atoms with Crippen LogP contribution in [0.2, 0.25) is 5.02 Å². The number of rotatable bonds is 4. The molecule has 1 N–H and O–H groups in total. The quantitative estimate of drug-likeness (QED) is 0.917. The minimum atomic E-state index is -0.373. The van der Waals surface area contributed by atoms with E-state index in [-0.39, 0.29) is 5.82 Å². The Balaban J connectivity index is 2.40. The average Bonchev–Trinajstić information content (AvgIpc) is 2.34.